The summed E-state index contributed by atoms with van der Waals surface area (Å²) in [7, 11) is -7.64. The van der Waals surface area contributed by atoms with E-state index >= 15 is 0 Å². The maximum atomic E-state index is 13.2. The van der Waals surface area contributed by atoms with Crippen LogP contribution in [0.1, 0.15) is 34.8 Å². The van der Waals surface area contributed by atoms with Gasteiger partial charge in [-0.3, -0.25) is 4.98 Å². The van der Waals surface area contributed by atoms with Crippen LogP contribution < -0.4 is 4.72 Å². The minimum atomic E-state index is -3.86. The van der Waals surface area contributed by atoms with Gasteiger partial charge in [-0.2, -0.15) is 0 Å². The molecule has 2 heterocycles. The van der Waals surface area contributed by atoms with Crippen LogP contribution in [0.15, 0.2) is 69.3 Å². The molecule has 1 unspecified atom stereocenters. The Balaban J connectivity index is 1.62. The number of aromatic nitrogens is 1. The Morgan fingerprint density at radius 3 is 2.50 bits per heavy atom. The summed E-state index contributed by atoms with van der Waals surface area (Å²) in [6.45, 7) is -0.272. The Bertz CT molecular complexity index is 1220. The number of sulfone groups is 1. The van der Waals surface area contributed by atoms with E-state index in [4.69, 9.17) is 0 Å². The highest BCUT2D eigenvalue weighted by Crippen LogP contribution is 2.31. The molecule has 3 aromatic rings. The molecule has 1 N–H and O–H groups in total. The van der Waals surface area contributed by atoms with Crippen molar-refractivity contribution >= 4 is 31.2 Å². The van der Waals surface area contributed by atoms with E-state index in [2.05, 4.69) is 9.71 Å². The molecule has 158 valence electrons. The molecule has 1 aliphatic rings. The molecule has 9 heteroatoms. The molecule has 30 heavy (non-hydrogen) atoms. The molecule has 1 atom stereocenters. The van der Waals surface area contributed by atoms with E-state index in [0.717, 1.165) is 42.6 Å². The van der Waals surface area contributed by atoms with Gasteiger partial charge in [-0.05, 0) is 72.0 Å². The molecular formula is C21H22N2O4S3. The van der Waals surface area contributed by atoms with Crippen molar-refractivity contribution in [3.63, 3.8) is 0 Å². The summed E-state index contributed by atoms with van der Waals surface area (Å²) in [5.74, 6) is 0. The van der Waals surface area contributed by atoms with Crippen LogP contribution in [0.25, 0.3) is 0 Å². The second-order valence-electron chi connectivity index (χ2n) is 7.24. The maximum Gasteiger partial charge on any atom is 0.240 e. The number of benzene rings is 1. The molecule has 1 aromatic carbocycles. The first-order chi connectivity index (χ1) is 14.4. The molecule has 1 aliphatic carbocycles. The number of fused-ring (bicyclic) bond motifs is 1. The van der Waals surface area contributed by atoms with Crippen molar-refractivity contribution in [2.45, 2.75) is 40.0 Å². The zero-order chi connectivity index (χ0) is 21.2. The Kier molecular flexibility index (Phi) is 6.06. The summed E-state index contributed by atoms with van der Waals surface area (Å²) in [5.41, 5.74) is 2.69. The van der Waals surface area contributed by atoms with Crippen molar-refractivity contribution in [2.75, 3.05) is 6.54 Å². The molecule has 0 fully saturated rings. The standard InChI is InChI=1S/C21H22N2O4S3/c24-29(25,21-8-4-12-28-21)20(18-7-3-11-22-14-18)15-23-30(26,27)19-10-9-16-5-1-2-6-17(16)13-19/h3-4,7-14,20,23H,1-2,5-6,15H2. The fraction of sp³-hybridized carbons (Fsp3) is 0.286. The van der Waals surface area contributed by atoms with E-state index in [9.17, 15) is 16.8 Å². The smallest absolute Gasteiger partial charge is 0.240 e. The first-order valence-corrected chi connectivity index (χ1v) is 13.6. The second-order valence-corrected chi connectivity index (χ2v) is 12.3. The van der Waals surface area contributed by atoms with E-state index in [0.29, 0.717) is 5.56 Å². The summed E-state index contributed by atoms with van der Waals surface area (Å²) in [4.78, 5) is 4.18. The topological polar surface area (TPSA) is 93.2 Å². The Morgan fingerprint density at radius 2 is 1.80 bits per heavy atom. The number of pyridine rings is 1. The highest BCUT2D eigenvalue weighted by molar-refractivity contribution is 7.93. The summed E-state index contributed by atoms with van der Waals surface area (Å²) in [5, 5.41) is 0.613. The van der Waals surface area contributed by atoms with E-state index < -0.39 is 25.1 Å². The summed E-state index contributed by atoms with van der Waals surface area (Å²) < 4.78 is 55.0. The quantitative estimate of drug-likeness (QED) is 0.580. The number of hydrogen-bond acceptors (Lipinski definition) is 6. The molecule has 0 amide bonds. The van der Waals surface area contributed by atoms with Gasteiger partial charge in [0.15, 0.2) is 9.84 Å². The van der Waals surface area contributed by atoms with Crippen LogP contribution in [0.5, 0.6) is 0 Å². The minimum absolute atomic E-state index is 0.168. The second kappa shape index (κ2) is 8.58. The average molecular weight is 463 g/mol. The largest absolute Gasteiger partial charge is 0.264 e. The lowest BCUT2D eigenvalue weighted by atomic mass is 9.92. The van der Waals surface area contributed by atoms with E-state index in [-0.39, 0.29) is 15.6 Å². The number of rotatable bonds is 7. The van der Waals surface area contributed by atoms with Crippen molar-refractivity contribution in [3.05, 3.63) is 76.9 Å². The fourth-order valence-corrected chi connectivity index (χ4v) is 7.74. The molecule has 2 aromatic heterocycles. The van der Waals surface area contributed by atoms with E-state index in [1.54, 1.807) is 41.9 Å². The number of nitrogens with zero attached hydrogens (tertiary/aromatic N) is 1. The van der Waals surface area contributed by atoms with Crippen molar-refractivity contribution < 1.29 is 16.8 Å². The zero-order valence-corrected chi connectivity index (χ0v) is 18.6. The first kappa shape index (κ1) is 21.2. The molecule has 0 spiro atoms. The summed E-state index contributed by atoms with van der Waals surface area (Å²) in [6, 6.07) is 11.7. The van der Waals surface area contributed by atoms with Crippen LogP contribution in [0.2, 0.25) is 0 Å². The van der Waals surface area contributed by atoms with E-state index in [1.165, 1.54) is 17.8 Å². The SMILES string of the molecule is O=S(=O)(NCC(c1cccnc1)S(=O)(=O)c1cccs1)c1ccc2c(c1)CCCC2. The predicted octanol–water partition coefficient (Wildman–Crippen LogP) is 3.52. The molecular weight excluding hydrogens is 440 g/mol. The zero-order valence-electron chi connectivity index (χ0n) is 16.2. The van der Waals surface area contributed by atoms with Gasteiger partial charge in [0, 0.05) is 18.9 Å². The molecule has 0 saturated carbocycles. The Labute approximate surface area is 181 Å². The van der Waals surface area contributed by atoms with Gasteiger partial charge in [-0.15, -0.1) is 11.3 Å². The minimum Gasteiger partial charge on any atom is -0.264 e. The number of nitrogens with one attached hydrogen (secondary N) is 1. The lowest BCUT2D eigenvalue weighted by Gasteiger charge is -2.19. The van der Waals surface area contributed by atoms with Gasteiger partial charge in [0.2, 0.25) is 10.0 Å². The molecule has 0 bridgehead atoms. The lowest BCUT2D eigenvalue weighted by molar-refractivity contribution is 0.569. The number of thiophene rings is 1. The van der Waals surface area contributed by atoms with Gasteiger partial charge in [0.05, 0.1) is 4.90 Å². The molecule has 0 aliphatic heterocycles. The van der Waals surface area contributed by atoms with Gasteiger partial charge >= 0.3 is 0 Å². The van der Waals surface area contributed by atoms with Crippen LogP contribution in [0.4, 0.5) is 0 Å². The number of hydrogen-bond donors (Lipinski definition) is 1. The third-order valence-electron chi connectivity index (χ3n) is 5.30. The summed E-state index contributed by atoms with van der Waals surface area (Å²) >= 11 is 1.11. The van der Waals surface area contributed by atoms with Crippen molar-refractivity contribution in [3.8, 4) is 0 Å². The van der Waals surface area contributed by atoms with E-state index in [1.807, 2.05) is 6.07 Å². The van der Waals surface area contributed by atoms with Crippen LogP contribution >= 0.6 is 11.3 Å². The van der Waals surface area contributed by atoms with Crippen LogP contribution in [-0.2, 0) is 32.7 Å². The summed E-state index contributed by atoms with van der Waals surface area (Å²) in [6.07, 6.45) is 7.00. The maximum absolute atomic E-state index is 13.2. The average Bonchev–Trinajstić information content (AvgIpc) is 3.30. The predicted molar refractivity (Wildman–Crippen MR) is 117 cm³/mol. The normalized spacial score (nSPS) is 15.5. The van der Waals surface area contributed by atoms with Gasteiger partial charge in [0.1, 0.15) is 9.46 Å². The van der Waals surface area contributed by atoms with Crippen molar-refractivity contribution in [1.29, 1.82) is 0 Å². The fourth-order valence-electron chi connectivity index (χ4n) is 3.68. The number of sulfonamides is 1. The van der Waals surface area contributed by atoms with Crippen LogP contribution in [-0.4, -0.2) is 28.4 Å². The van der Waals surface area contributed by atoms with Gasteiger partial charge in [-0.25, -0.2) is 21.6 Å². The molecule has 0 radical (unpaired) electrons. The molecule has 6 nitrogen and oxygen atoms in total. The van der Waals surface area contributed by atoms with Crippen molar-refractivity contribution in [1.82, 2.24) is 9.71 Å². The van der Waals surface area contributed by atoms with Gasteiger partial charge < -0.3 is 0 Å². The lowest BCUT2D eigenvalue weighted by Crippen LogP contribution is -2.32. The molecule has 0 saturated heterocycles. The third kappa shape index (κ3) is 4.34. The Morgan fingerprint density at radius 1 is 1.00 bits per heavy atom. The van der Waals surface area contributed by atoms with Crippen LogP contribution in [0.3, 0.4) is 0 Å². The van der Waals surface area contributed by atoms with Gasteiger partial charge in [0.25, 0.3) is 0 Å². The molecule has 4 rings (SSSR count). The first-order valence-electron chi connectivity index (χ1n) is 9.67. The Hall–Kier alpha value is -2.07. The third-order valence-corrected chi connectivity index (χ3v) is 10.2. The van der Waals surface area contributed by atoms with Gasteiger partial charge in [-0.1, -0.05) is 18.2 Å². The van der Waals surface area contributed by atoms with Crippen molar-refractivity contribution in [2.24, 2.45) is 0 Å². The number of aryl methyl sites for hydroxylation is 2. The monoisotopic (exact) mass is 462 g/mol. The van der Waals surface area contributed by atoms with Crippen LogP contribution in [0, 0.1) is 0 Å². The highest BCUT2D eigenvalue weighted by atomic mass is 32.2. The highest BCUT2D eigenvalue weighted by Gasteiger charge is 2.32.